The van der Waals surface area contributed by atoms with Crippen LogP contribution < -0.4 is 20.9 Å². The first kappa shape index (κ1) is 28.3. The summed E-state index contributed by atoms with van der Waals surface area (Å²) in [7, 11) is -3.91. The molecule has 0 unspecified atom stereocenters. The first-order chi connectivity index (χ1) is 17.1. The molecule has 1 radical (unpaired) electrons. The summed E-state index contributed by atoms with van der Waals surface area (Å²) in [6, 6.07) is 24.0. The standard InChI is InChI=1S/C26H23N5O4S.Ac/c27-18-10-13-22(23(15-18)35-20-5-3-4-17(14-20)25(28)29)26(32)31-19-11-8-16(9-12-19)21-6-1-2-7-24(21)36(30,33)34;/h1-15H,(H8,27,28,29,30,31,32,33,34);/p-1. The van der Waals surface area contributed by atoms with Crippen molar-refractivity contribution in [3.8, 4) is 22.6 Å². The molecule has 0 aromatic heterocycles. The fraction of sp³-hybridized carbons (Fsp3) is 0. The van der Waals surface area contributed by atoms with Gasteiger partial charge < -0.3 is 21.5 Å². The molecule has 185 valence electrons. The molecule has 0 aliphatic heterocycles. The van der Waals surface area contributed by atoms with Crippen LogP contribution in [0.3, 0.4) is 0 Å². The van der Waals surface area contributed by atoms with Gasteiger partial charge in [-0.1, -0.05) is 48.5 Å². The SMILES string of the molecule is N=C(N)c1cccc(Oc2cc([NH-])ccc2C(=O)Nc2ccc(-c3ccccc3S(N)(=O)=O)cc2)c1.[Ac]. The summed E-state index contributed by atoms with van der Waals surface area (Å²) in [6.07, 6.45) is 0. The monoisotopic (exact) mass is 727 g/mol. The average molecular weight is 728 g/mol. The van der Waals surface area contributed by atoms with Gasteiger partial charge in [-0.15, -0.1) is 5.69 Å². The minimum Gasteiger partial charge on any atom is -0.699 e. The summed E-state index contributed by atoms with van der Waals surface area (Å²) < 4.78 is 29.7. The zero-order chi connectivity index (χ0) is 25.9. The van der Waals surface area contributed by atoms with Crippen molar-refractivity contribution in [3.05, 3.63) is 108 Å². The number of hydrogen-bond donors (Lipinski definition) is 4. The Hall–Kier alpha value is -3.23. The molecule has 0 heterocycles. The van der Waals surface area contributed by atoms with E-state index in [2.05, 4.69) is 5.32 Å². The van der Waals surface area contributed by atoms with Crippen LogP contribution in [0, 0.1) is 49.5 Å². The number of primary sulfonamides is 1. The first-order valence-electron chi connectivity index (χ1n) is 10.6. The van der Waals surface area contributed by atoms with Crippen LogP contribution in [0.25, 0.3) is 16.9 Å². The minimum absolute atomic E-state index is 0. The van der Waals surface area contributed by atoms with Gasteiger partial charge in [0.2, 0.25) is 10.0 Å². The number of rotatable bonds is 7. The summed E-state index contributed by atoms with van der Waals surface area (Å²) in [5, 5.41) is 15.7. The molecule has 0 aliphatic rings. The van der Waals surface area contributed by atoms with E-state index in [1.165, 1.54) is 24.3 Å². The van der Waals surface area contributed by atoms with Crippen molar-refractivity contribution in [3.63, 3.8) is 0 Å². The summed E-state index contributed by atoms with van der Waals surface area (Å²) >= 11 is 0. The molecule has 4 aromatic rings. The van der Waals surface area contributed by atoms with Crippen molar-refractivity contribution in [1.29, 1.82) is 5.41 Å². The van der Waals surface area contributed by atoms with Gasteiger partial charge in [-0.2, -0.15) is 0 Å². The van der Waals surface area contributed by atoms with E-state index in [0.717, 1.165) is 0 Å². The second kappa shape index (κ2) is 11.9. The van der Waals surface area contributed by atoms with E-state index >= 15 is 0 Å². The van der Waals surface area contributed by atoms with Gasteiger partial charge in [0.1, 0.15) is 17.3 Å². The number of benzene rings is 4. The molecule has 0 aliphatic carbocycles. The van der Waals surface area contributed by atoms with Crippen molar-refractivity contribution in [2.45, 2.75) is 4.90 Å². The fourth-order valence-electron chi connectivity index (χ4n) is 3.53. The largest absolute Gasteiger partial charge is 0.699 e. The van der Waals surface area contributed by atoms with Crippen LogP contribution in [0.5, 0.6) is 11.5 Å². The molecule has 4 rings (SSSR count). The van der Waals surface area contributed by atoms with Crippen molar-refractivity contribution < 1.29 is 62.0 Å². The Bertz CT molecular complexity index is 1570. The molecule has 1 amide bonds. The van der Waals surface area contributed by atoms with E-state index in [9.17, 15) is 13.2 Å². The van der Waals surface area contributed by atoms with Gasteiger partial charge in [0.15, 0.2) is 0 Å². The number of nitrogen functional groups attached to an aromatic ring is 1. The van der Waals surface area contributed by atoms with Crippen LogP contribution >= 0.6 is 0 Å². The maximum atomic E-state index is 13.0. The number of nitrogens with one attached hydrogen (secondary N) is 3. The number of carbonyl (C=O) groups excluding carboxylic acids is 1. The smallest absolute Gasteiger partial charge is 0.259 e. The summed E-state index contributed by atoms with van der Waals surface area (Å²) in [4.78, 5) is 13.1. The predicted octanol–water partition coefficient (Wildman–Crippen LogP) is 5.01. The van der Waals surface area contributed by atoms with Crippen molar-refractivity contribution in [2.24, 2.45) is 10.9 Å². The third kappa shape index (κ3) is 6.96. The van der Waals surface area contributed by atoms with Crippen LogP contribution in [0.4, 0.5) is 11.4 Å². The molecule has 0 atom stereocenters. The molecule has 9 nitrogen and oxygen atoms in total. The number of hydrogen-bond acceptors (Lipinski definition) is 5. The Morgan fingerprint density at radius 3 is 2.30 bits per heavy atom. The number of nitrogens with two attached hydrogens (primary N) is 2. The quantitative estimate of drug-likeness (QED) is 0.155. The molecule has 0 saturated heterocycles. The zero-order valence-electron chi connectivity index (χ0n) is 19.4. The number of sulfonamides is 1. The molecule has 0 spiro atoms. The van der Waals surface area contributed by atoms with Gasteiger partial charge in [0.05, 0.1) is 10.5 Å². The predicted molar refractivity (Wildman–Crippen MR) is 139 cm³/mol. The van der Waals surface area contributed by atoms with Crippen LogP contribution in [-0.4, -0.2) is 20.2 Å². The van der Waals surface area contributed by atoms with Gasteiger partial charge in [-0.05, 0) is 48.0 Å². The minimum atomic E-state index is -3.91. The number of amides is 1. The summed E-state index contributed by atoms with van der Waals surface area (Å²) in [5.74, 6) is -0.0622. The first-order valence-corrected chi connectivity index (χ1v) is 12.2. The van der Waals surface area contributed by atoms with Gasteiger partial charge in [0.25, 0.3) is 5.91 Å². The molecule has 0 saturated carbocycles. The third-order valence-corrected chi connectivity index (χ3v) is 6.22. The zero-order valence-corrected chi connectivity index (χ0v) is 25.0. The number of amidine groups is 1. The molecule has 0 bridgehead atoms. The second-order valence-corrected chi connectivity index (χ2v) is 9.36. The molecule has 37 heavy (non-hydrogen) atoms. The van der Waals surface area contributed by atoms with Crippen LogP contribution in [0.2, 0.25) is 0 Å². The Morgan fingerprint density at radius 2 is 1.62 bits per heavy atom. The average Bonchev–Trinajstić information content (AvgIpc) is 2.84. The number of ether oxygens (including phenoxy) is 1. The molecule has 0 fully saturated rings. The van der Waals surface area contributed by atoms with Crippen LogP contribution in [0.1, 0.15) is 15.9 Å². The fourth-order valence-corrected chi connectivity index (χ4v) is 4.29. The van der Waals surface area contributed by atoms with Gasteiger partial charge in [-0.3, -0.25) is 10.2 Å². The van der Waals surface area contributed by atoms with E-state index in [4.69, 9.17) is 26.8 Å². The maximum absolute atomic E-state index is 13.0. The van der Waals surface area contributed by atoms with Crippen molar-refractivity contribution in [1.82, 2.24) is 0 Å². The normalized spacial score (nSPS) is 10.7. The van der Waals surface area contributed by atoms with Crippen LogP contribution in [0.15, 0.2) is 95.9 Å². The van der Waals surface area contributed by atoms with E-state index in [0.29, 0.717) is 28.1 Å². The number of anilines is 1. The van der Waals surface area contributed by atoms with Gasteiger partial charge in [-0.25, -0.2) is 13.6 Å². The van der Waals surface area contributed by atoms with Crippen molar-refractivity contribution >= 4 is 33.1 Å². The third-order valence-electron chi connectivity index (χ3n) is 5.25. The van der Waals surface area contributed by atoms with Gasteiger partial charge >= 0.3 is 0 Å². The Labute approximate surface area is 250 Å². The van der Waals surface area contributed by atoms with Crippen molar-refractivity contribution in [2.75, 3.05) is 5.32 Å². The molecular weight excluding hydrogens is 705 g/mol. The topological polar surface area (TPSA) is 172 Å². The Kier molecular flexibility index (Phi) is 9.10. The molecule has 7 N–H and O–H groups in total. The number of carbonyl (C=O) groups is 1. The Balaban J connectivity index is 0.00000380. The van der Waals surface area contributed by atoms with Gasteiger partial charge in [0, 0.05) is 60.9 Å². The maximum Gasteiger partial charge on any atom is 0.259 e. The van der Waals surface area contributed by atoms with E-state index < -0.39 is 15.9 Å². The summed E-state index contributed by atoms with van der Waals surface area (Å²) in [6.45, 7) is 0. The van der Waals surface area contributed by atoms with E-state index in [-0.39, 0.29) is 71.8 Å². The molecule has 11 heteroatoms. The Morgan fingerprint density at radius 1 is 0.919 bits per heavy atom. The van der Waals surface area contributed by atoms with E-state index in [1.807, 2.05) is 0 Å². The summed E-state index contributed by atoms with van der Waals surface area (Å²) in [5.41, 5.74) is 15.8. The molecule has 4 aromatic carbocycles. The molecular formula is C26H22AcN5O4S-. The second-order valence-electron chi connectivity index (χ2n) is 7.83. The van der Waals surface area contributed by atoms with Crippen LogP contribution in [-0.2, 0) is 10.0 Å². The van der Waals surface area contributed by atoms with E-state index in [1.54, 1.807) is 66.7 Å².